The second kappa shape index (κ2) is 6.48. The van der Waals surface area contributed by atoms with E-state index in [1.165, 1.54) is 0 Å². The predicted octanol–water partition coefficient (Wildman–Crippen LogP) is 0.150. The molecule has 5 nitrogen and oxygen atoms in total. The van der Waals surface area contributed by atoms with Crippen LogP contribution in [0.4, 0.5) is 0 Å². The van der Waals surface area contributed by atoms with Crippen molar-refractivity contribution in [1.82, 2.24) is 10.2 Å². The van der Waals surface area contributed by atoms with Crippen LogP contribution in [0, 0.1) is 0 Å². The summed E-state index contributed by atoms with van der Waals surface area (Å²) in [6.07, 6.45) is 2.13. The van der Waals surface area contributed by atoms with Gasteiger partial charge in [-0.3, -0.25) is 9.59 Å². The Balaban J connectivity index is 2.24. The van der Waals surface area contributed by atoms with Gasteiger partial charge >= 0.3 is 0 Å². The zero-order valence-electron chi connectivity index (χ0n) is 9.99. The minimum absolute atomic E-state index is 0.0290. The Bertz CT molecular complexity index is 256. The Morgan fingerprint density at radius 2 is 2.19 bits per heavy atom. The number of hydrogen-bond donors (Lipinski definition) is 1. The lowest BCUT2D eigenvalue weighted by Crippen LogP contribution is -2.57. The van der Waals surface area contributed by atoms with Crippen molar-refractivity contribution in [3.8, 4) is 0 Å². The number of carbonyl (C=O) groups excluding carboxylic acids is 2. The van der Waals surface area contributed by atoms with Gasteiger partial charge in [-0.1, -0.05) is 13.3 Å². The quantitative estimate of drug-likeness (QED) is 0.658. The molecule has 1 atom stereocenters. The van der Waals surface area contributed by atoms with Crippen LogP contribution in [-0.2, 0) is 14.3 Å². The fourth-order valence-electron chi connectivity index (χ4n) is 1.59. The van der Waals surface area contributed by atoms with Gasteiger partial charge in [-0.15, -0.1) is 0 Å². The number of nitrogens with one attached hydrogen (secondary N) is 1. The Kier molecular flexibility index (Phi) is 5.25. The third-order valence-corrected chi connectivity index (χ3v) is 2.54. The van der Waals surface area contributed by atoms with E-state index in [1.54, 1.807) is 11.8 Å². The molecule has 5 heteroatoms. The maximum Gasteiger partial charge on any atom is 0.245 e. The highest BCUT2D eigenvalue weighted by Crippen LogP contribution is 2.01. The largest absolute Gasteiger partial charge is 0.380 e. The van der Waals surface area contributed by atoms with Gasteiger partial charge < -0.3 is 15.0 Å². The molecule has 0 aromatic rings. The molecule has 0 spiro atoms. The molecule has 0 bridgehead atoms. The Labute approximate surface area is 96.1 Å². The van der Waals surface area contributed by atoms with Crippen molar-refractivity contribution in [2.24, 2.45) is 0 Å². The topological polar surface area (TPSA) is 58.6 Å². The molecule has 0 aromatic heterocycles. The summed E-state index contributed by atoms with van der Waals surface area (Å²) in [6, 6.07) is -0.406. The van der Waals surface area contributed by atoms with Gasteiger partial charge in [0, 0.05) is 13.2 Å². The molecule has 0 saturated carbocycles. The van der Waals surface area contributed by atoms with Crippen LogP contribution >= 0.6 is 0 Å². The van der Waals surface area contributed by atoms with Crippen LogP contribution in [0.15, 0.2) is 0 Å². The van der Waals surface area contributed by atoms with Crippen LogP contribution in [0.5, 0.6) is 0 Å². The lowest BCUT2D eigenvalue weighted by atomic mass is 10.2. The number of nitrogens with zero attached hydrogens (tertiary/aromatic N) is 1. The van der Waals surface area contributed by atoms with Crippen molar-refractivity contribution in [2.45, 2.75) is 32.7 Å². The zero-order valence-corrected chi connectivity index (χ0v) is 9.99. The first kappa shape index (κ1) is 13.0. The second-order valence-electron chi connectivity index (χ2n) is 4.01. The molecule has 1 fully saturated rings. The van der Waals surface area contributed by atoms with E-state index in [0.29, 0.717) is 13.2 Å². The van der Waals surface area contributed by atoms with E-state index < -0.39 is 6.04 Å². The fourth-order valence-corrected chi connectivity index (χ4v) is 1.59. The first-order valence-electron chi connectivity index (χ1n) is 5.81. The number of carbonyl (C=O) groups is 2. The number of ether oxygens (including phenoxy) is 1. The fraction of sp³-hybridized carbons (Fsp3) is 0.818. The van der Waals surface area contributed by atoms with E-state index in [-0.39, 0.29) is 18.4 Å². The number of hydrogen-bond acceptors (Lipinski definition) is 3. The van der Waals surface area contributed by atoms with Crippen molar-refractivity contribution in [1.29, 1.82) is 0 Å². The molecule has 0 aromatic carbocycles. The van der Waals surface area contributed by atoms with Gasteiger partial charge in [-0.25, -0.2) is 0 Å². The smallest absolute Gasteiger partial charge is 0.245 e. The first-order chi connectivity index (χ1) is 7.65. The highest BCUT2D eigenvalue weighted by atomic mass is 16.5. The maximum atomic E-state index is 11.6. The molecular formula is C11H20N2O3. The third kappa shape index (κ3) is 3.81. The van der Waals surface area contributed by atoms with Crippen molar-refractivity contribution >= 4 is 11.8 Å². The van der Waals surface area contributed by atoms with Crippen LogP contribution in [-0.4, -0.2) is 49.1 Å². The second-order valence-corrected chi connectivity index (χ2v) is 4.01. The number of rotatable bonds is 6. The van der Waals surface area contributed by atoms with Crippen molar-refractivity contribution in [2.75, 3.05) is 26.3 Å². The van der Waals surface area contributed by atoms with Crippen LogP contribution in [0.2, 0.25) is 0 Å². The summed E-state index contributed by atoms with van der Waals surface area (Å²) in [5.41, 5.74) is 0. The van der Waals surface area contributed by atoms with E-state index in [0.717, 1.165) is 19.4 Å². The van der Waals surface area contributed by atoms with Crippen LogP contribution in [0.1, 0.15) is 26.7 Å². The summed E-state index contributed by atoms with van der Waals surface area (Å²) in [7, 11) is 0. The molecule has 1 rings (SSSR count). The number of amides is 2. The standard InChI is InChI=1S/C11H20N2O3/c1-3-4-6-16-7-5-13-8-10(14)12-9(2)11(13)15/h9H,3-8H2,1-2H3,(H,12,14). The average molecular weight is 228 g/mol. The number of piperazine rings is 1. The van der Waals surface area contributed by atoms with Gasteiger partial charge in [-0.2, -0.15) is 0 Å². The van der Waals surface area contributed by atoms with Gasteiger partial charge in [0.05, 0.1) is 13.2 Å². The Morgan fingerprint density at radius 3 is 2.88 bits per heavy atom. The van der Waals surface area contributed by atoms with Crippen LogP contribution < -0.4 is 5.32 Å². The summed E-state index contributed by atoms with van der Waals surface area (Å²) in [5, 5.41) is 2.60. The molecule has 1 unspecified atom stereocenters. The summed E-state index contributed by atoms with van der Waals surface area (Å²) in [5.74, 6) is -0.126. The molecule has 2 amide bonds. The van der Waals surface area contributed by atoms with E-state index in [1.807, 2.05) is 0 Å². The van der Waals surface area contributed by atoms with Gasteiger partial charge in [0.1, 0.15) is 6.04 Å². The van der Waals surface area contributed by atoms with E-state index in [4.69, 9.17) is 4.74 Å². The molecule has 16 heavy (non-hydrogen) atoms. The van der Waals surface area contributed by atoms with Crippen molar-refractivity contribution in [3.63, 3.8) is 0 Å². The number of unbranched alkanes of at least 4 members (excludes halogenated alkanes) is 1. The molecular weight excluding hydrogens is 208 g/mol. The third-order valence-electron chi connectivity index (χ3n) is 2.54. The summed E-state index contributed by atoms with van der Waals surface area (Å²) in [4.78, 5) is 24.4. The van der Waals surface area contributed by atoms with Crippen LogP contribution in [0.3, 0.4) is 0 Å². The summed E-state index contributed by atoms with van der Waals surface area (Å²) >= 11 is 0. The Morgan fingerprint density at radius 1 is 1.44 bits per heavy atom. The normalized spacial score (nSPS) is 21.1. The van der Waals surface area contributed by atoms with E-state index >= 15 is 0 Å². The summed E-state index contributed by atoms with van der Waals surface area (Å²) in [6.45, 7) is 5.68. The van der Waals surface area contributed by atoms with E-state index in [9.17, 15) is 9.59 Å². The van der Waals surface area contributed by atoms with Crippen LogP contribution in [0.25, 0.3) is 0 Å². The summed E-state index contributed by atoms with van der Waals surface area (Å²) < 4.78 is 5.37. The minimum atomic E-state index is -0.406. The van der Waals surface area contributed by atoms with Crippen molar-refractivity contribution in [3.05, 3.63) is 0 Å². The van der Waals surface area contributed by atoms with Gasteiger partial charge in [0.25, 0.3) is 0 Å². The van der Waals surface area contributed by atoms with E-state index in [2.05, 4.69) is 12.2 Å². The van der Waals surface area contributed by atoms with Gasteiger partial charge in [0.2, 0.25) is 11.8 Å². The van der Waals surface area contributed by atoms with Gasteiger partial charge in [-0.05, 0) is 13.3 Å². The van der Waals surface area contributed by atoms with Crippen molar-refractivity contribution < 1.29 is 14.3 Å². The first-order valence-corrected chi connectivity index (χ1v) is 5.81. The monoisotopic (exact) mass is 228 g/mol. The highest BCUT2D eigenvalue weighted by Gasteiger charge is 2.28. The SMILES string of the molecule is CCCCOCCN1CC(=O)NC(C)C1=O. The Hall–Kier alpha value is -1.10. The molecule has 1 saturated heterocycles. The highest BCUT2D eigenvalue weighted by molar-refractivity contribution is 5.94. The average Bonchev–Trinajstić information content (AvgIpc) is 2.24. The molecule has 1 N–H and O–H groups in total. The lowest BCUT2D eigenvalue weighted by Gasteiger charge is -2.30. The molecule has 1 aliphatic heterocycles. The zero-order chi connectivity index (χ0) is 12.0. The molecule has 0 aliphatic carbocycles. The molecule has 1 heterocycles. The molecule has 92 valence electrons. The van der Waals surface area contributed by atoms with Gasteiger partial charge in [0.15, 0.2) is 0 Å². The predicted molar refractivity (Wildman–Crippen MR) is 59.9 cm³/mol. The molecule has 1 aliphatic rings. The maximum absolute atomic E-state index is 11.6. The minimum Gasteiger partial charge on any atom is -0.380 e. The molecule has 0 radical (unpaired) electrons. The lowest BCUT2D eigenvalue weighted by molar-refractivity contribution is -0.144.